The van der Waals surface area contributed by atoms with Crippen LogP contribution >= 0.6 is 0 Å². The monoisotopic (exact) mass is 334 g/mol. The minimum absolute atomic E-state index is 0.206. The SMILES string of the molecule is CN(C)C1(c2ccccc2)CCC(NC2Cc3ccccc3C2)CC1. The predicted molar refractivity (Wildman–Crippen MR) is 105 cm³/mol. The van der Waals surface area contributed by atoms with E-state index in [1.807, 2.05) is 0 Å². The van der Waals surface area contributed by atoms with E-state index in [1.54, 1.807) is 11.1 Å². The molecule has 0 spiro atoms. The molecule has 0 unspecified atom stereocenters. The largest absolute Gasteiger partial charge is 0.311 e. The molecule has 0 atom stereocenters. The molecule has 2 aromatic rings. The van der Waals surface area contributed by atoms with E-state index in [2.05, 4.69) is 78.9 Å². The molecule has 0 saturated heterocycles. The van der Waals surface area contributed by atoms with Gasteiger partial charge in [0.05, 0.1) is 0 Å². The molecular formula is C23H30N2. The van der Waals surface area contributed by atoms with Crippen molar-refractivity contribution in [3.05, 3.63) is 71.3 Å². The lowest BCUT2D eigenvalue weighted by Gasteiger charge is -2.46. The summed E-state index contributed by atoms with van der Waals surface area (Å²) in [6.07, 6.45) is 7.40. The zero-order chi connectivity index (χ0) is 17.3. The highest BCUT2D eigenvalue weighted by Crippen LogP contribution is 2.41. The van der Waals surface area contributed by atoms with Crippen LogP contribution in [0, 0.1) is 0 Å². The Morgan fingerprint density at radius 3 is 1.92 bits per heavy atom. The zero-order valence-electron chi connectivity index (χ0n) is 15.5. The number of hydrogen-bond acceptors (Lipinski definition) is 2. The van der Waals surface area contributed by atoms with Gasteiger partial charge in [-0.15, -0.1) is 0 Å². The van der Waals surface area contributed by atoms with Crippen LogP contribution in [-0.2, 0) is 18.4 Å². The second-order valence-electron chi connectivity index (χ2n) is 8.11. The van der Waals surface area contributed by atoms with Crippen molar-refractivity contribution in [1.29, 1.82) is 0 Å². The average Bonchev–Trinajstić information content (AvgIpc) is 3.05. The molecule has 132 valence electrons. The van der Waals surface area contributed by atoms with E-state index in [4.69, 9.17) is 0 Å². The molecule has 2 aliphatic rings. The Hall–Kier alpha value is -1.64. The van der Waals surface area contributed by atoms with Gasteiger partial charge < -0.3 is 5.32 Å². The first kappa shape index (κ1) is 16.8. The predicted octanol–water partition coefficient (Wildman–Crippen LogP) is 4.14. The molecule has 2 aliphatic carbocycles. The fourth-order valence-corrected chi connectivity index (χ4v) is 5.01. The van der Waals surface area contributed by atoms with E-state index in [-0.39, 0.29) is 5.54 Å². The van der Waals surface area contributed by atoms with Crippen LogP contribution in [0.15, 0.2) is 54.6 Å². The molecule has 2 aromatic carbocycles. The molecular weight excluding hydrogens is 304 g/mol. The lowest BCUT2D eigenvalue weighted by atomic mass is 9.74. The number of rotatable bonds is 4. The minimum Gasteiger partial charge on any atom is -0.311 e. The van der Waals surface area contributed by atoms with Crippen LogP contribution in [0.3, 0.4) is 0 Å². The smallest absolute Gasteiger partial charge is 0.0455 e. The summed E-state index contributed by atoms with van der Waals surface area (Å²) < 4.78 is 0. The molecule has 0 aromatic heterocycles. The van der Waals surface area contributed by atoms with Gasteiger partial charge in [0.2, 0.25) is 0 Å². The van der Waals surface area contributed by atoms with Gasteiger partial charge in [-0.2, -0.15) is 0 Å². The summed E-state index contributed by atoms with van der Waals surface area (Å²) in [5.41, 5.74) is 4.77. The number of hydrogen-bond donors (Lipinski definition) is 1. The Labute approximate surface area is 152 Å². The van der Waals surface area contributed by atoms with Gasteiger partial charge in [-0.25, -0.2) is 0 Å². The summed E-state index contributed by atoms with van der Waals surface area (Å²) in [5, 5.41) is 3.97. The van der Waals surface area contributed by atoms with Crippen molar-refractivity contribution in [1.82, 2.24) is 10.2 Å². The third-order valence-corrected chi connectivity index (χ3v) is 6.50. The van der Waals surface area contributed by atoms with Crippen molar-refractivity contribution < 1.29 is 0 Å². The molecule has 1 N–H and O–H groups in total. The summed E-state index contributed by atoms with van der Waals surface area (Å²) in [4.78, 5) is 2.45. The van der Waals surface area contributed by atoms with Gasteiger partial charge in [0.1, 0.15) is 0 Å². The molecule has 0 heterocycles. The molecule has 25 heavy (non-hydrogen) atoms. The highest BCUT2D eigenvalue weighted by atomic mass is 15.1. The summed E-state index contributed by atoms with van der Waals surface area (Å²) in [5.74, 6) is 0. The molecule has 4 rings (SSSR count). The second kappa shape index (κ2) is 6.93. The first-order valence-electron chi connectivity index (χ1n) is 9.73. The molecule has 2 heteroatoms. The van der Waals surface area contributed by atoms with Crippen LogP contribution in [0.1, 0.15) is 42.4 Å². The van der Waals surface area contributed by atoms with Crippen molar-refractivity contribution in [2.75, 3.05) is 14.1 Å². The fourth-order valence-electron chi connectivity index (χ4n) is 5.01. The van der Waals surface area contributed by atoms with Gasteiger partial charge in [-0.3, -0.25) is 4.90 Å². The number of nitrogens with zero attached hydrogens (tertiary/aromatic N) is 1. The van der Waals surface area contributed by atoms with Crippen molar-refractivity contribution in [3.8, 4) is 0 Å². The van der Waals surface area contributed by atoms with Gasteiger partial charge in [0.15, 0.2) is 0 Å². The van der Waals surface area contributed by atoms with Gasteiger partial charge >= 0.3 is 0 Å². The normalized spacial score (nSPS) is 26.8. The fraction of sp³-hybridized carbons (Fsp3) is 0.478. The third-order valence-electron chi connectivity index (χ3n) is 6.50. The van der Waals surface area contributed by atoms with Crippen molar-refractivity contribution in [2.45, 2.75) is 56.1 Å². The Bertz CT molecular complexity index is 674. The van der Waals surface area contributed by atoms with Gasteiger partial charge in [-0.1, -0.05) is 54.6 Å². The van der Waals surface area contributed by atoms with E-state index in [9.17, 15) is 0 Å². The quantitative estimate of drug-likeness (QED) is 0.904. The molecule has 0 bridgehead atoms. The Morgan fingerprint density at radius 2 is 1.36 bits per heavy atom. The van der Waals surface area contributed by atoms with E-state index in [1.165, 1.54) is 44.1 Å². The Kier molecular flexibility index (Phi) is 4.66. The standard InChI is InChI=1S/C23H30N2/c1-25(2)23(20-10-4-3-5-11-20)14-12-21(13-15-23)24-22-16-18-8-6-7-9-19(18)17-22/h3-11,21-22,24H,12-17H2,1-2H3. The lowest BCUT2D eigenvalue weighted by Crippen LogP contribution is -2.49. The summed E-state index contributed by atoms with van der Waals surface area (Å²) >= 11 is 0. The first-order valence-corrected chi connectivity index (χ1v) is 9.73. The van der Waals surface area contributed by atoms with Gasteiger partial charge in [0, 0.05) is 17.6 Å². The highest BCUT2D eigenvalue weighted by Gasteiger charge is 2.39. The van der Waals surface area contributed by atoms with E-state index in [0.717, 1.165) is 0 Å². The average molecular weight is 335 g/mol. The minimum atomic E-state index is 0.206. The van der Waals surface area contributed by atoms with E-state index < -0.39 is 0 Å². The summed E-state index contributed by atoms with van der Waals surface area (Å²) in [6.45, 7) is 0. The van der Waals surface area contributed by atoms with Crippen molar-refractivity contribution in [2.24, 2.45) is 0 Å². The molecule has 2 nitrogen and oxygen atoms in total. The third kappa shape index (κ3) is 3.26. The maximum atomic E-state index is 3.97. The molecule has 0 aliphatic heterocycles. The maximum Gasteiger partial charge on any atom is 0.0455 e. The van der Waals surface area contributed by atoms with Crippen LogP contribution < -0.4 is 5.32 Å². The summed E-state index contributed by atoms with van der Waals surface area (Å²) in [7, 11) is 4.49. The summed E-state index contributed by atoms with van der Waals surface area (Å²) in [6, 6.07) is 21.3. The topological polar surface area (TPSA) is 15.3 Å². The van der Waals surface area contributed by atoms with E-state index >= 15 is 0 Å². The lowest BCUT2D eigenvalue weighted by molar-refractivity contribution is 0.0835. The number of benzene rings is 2. The van der Waals surface area contributed by atoms with Crippen molar-refractivity contribution in [3.63, 3.8) is 0 Å². The second-order valence-corrected chi connectivity index (χ2v) is 8.11. The molecule has 0 radical (unpaired) electrons. The van der Waals surface area contributed by atoms with Crippen LogP contribution in [0.2, 0.25) is 0 Å². The van der Waals surface area contributed by atoms with Crippen LogP contribution in [0.4, 0.5) is 0 Å². The van der Waals surface area contributed by atoms with Crippen LogP contribution in [0.5, 0.6) is 0 Å². The Morgan fingerprint density at radius 1 is 0.800 bits per heavy atom. The zero-order valence-corrected chi connectivity index (χ0v) is 15.5. The number of fused-ring (bicyclic) bond motifs is 1. The van der Waals surface area contributed by atoms with Crippen molar-refractivity contribution >= 4 is 0 Å². The van der Waals surface area contributed by atoms with Crippen LogP contribution in [-0.4, -0.2) is 31.1 Å². The Balaban J connectivity index is 1.40. The molecule has 1 fully saturated rings. The van der Waals surface area contributed by atoms with Crippen LogP contribution in [0.25, 0.3) is 0 Å². The molecule has 1 saturated carbocycles. The van der Waals surface area contributed by atoms with E-state index in [0.29, 0.717) is 12.1 Å². The van der Waals surface area contributed by atoms with Gasteiger partial charge in [0.25, 0.3) is 0 Å². The first-order chi connectivity index (χ1) is 12.2. The maximum absolute atomic E-state index is 3.97. The molecule has 0 amide bonds. The highest BCUT2D eigenvalue weighted by molar-refractivity contribution is 5.33. The van der Waals surface area contributed by atoms with Gasteiger partial charge in [-0.05, 0) is 69.3 Å². The number of nitrogens with one attached hydrogen (secondary N) is 1.